The minimum absolute atomic E-state index is 0.547. The number of hydrogen-bond donors (Lipinski definition) is 1. The maximum atomic E-state index is 5.90. The lowest BCUT2D eigenvalue weighted by molar-refractivity contribution is 0.762. The Kier molecular flexibility index (Phi) is 2.18. The van der Waals surface area contributed by atoms with Crippen LogP contribution in [-0.4, -0.2) is 15.0 Å². The molecule has 0 amide bonds. The van der Waals surface area contributed by atoms with Crippen molar-refractivity contribution in [2.75, 3.05) is 5.73 Å². The molecule has 3 rings (SSSR count). The molecule has 0 unspecified atom stereocenters. The van der Waals surface area contributed by atoms with Gasteiger partial charge < -0.3 is 5.73 Å². The van der Waals surface area contributed by atoms with E-state index in [-0.39, 0.29) is 0 Å². The van der Waals surface area contributed by atoms with Crippen molar-refractivity contribution < 1.29 is 0 Å². The molecule has 0 spiro atoms. The normalized spacial score (nSPS) is 15.2. The van der Waals surface area contributed by atoms with Crippen molar-refractivity contribution in [1.29, 1.82) is 0 Å². The van der Waals surface area contributed by atoms with Crippen LogP contribution in [0.4, 0.5) is 5.82 Å². The summed E-state index contributed by atoms with van der Waals surface area (Å²) in [6.45, 7) is 4.18. The van der Waals surface area contributed by atoms with Crippen LogP contribution in [0.15, 0.2) is 18.2 Å². The number of aromatic nitrogens is 3. The molecule has 1 aromatic heterocycles. The van der Waals surface area contributed by atoms with E-state index in [0.29, 0.717) is 11.7 Å². The highest BCUT2D eigenvalue weighted by Gasteiger charge is 2.31. The van der Waals surface area contributed by atoms with Crippen molar-refractivity contribution in [2.45, 2.75) is 32.6 Å². The van der Waals surface area contributed by atoms with E-state index in [1.165, 1.54) is 24.0 Å². The van der Waals surface area contributed by atoms with Crippen LogP contribution in [0.5, 0.6) is 0 Å². The molecule has 1 aliphatic carbocycles. The van der Waals surface area contributed by atoms with E-state index < -0.39 is 0 Å². The first-order valence-corrected chi connectivity index (χ1v) is 5.95. The molecule has 1 aliphatic rings. The van der Waals surface area contributed by atoms with Gasteiger partial charge in [0.05, 0.1) is 11.4 Å². The molecule has 4 heteroatoms. The van der Waals surface area contributed by atoms with E-state index >= 15 is 0 Å². The zero-order valence-corrected chi connectivity index (χ0v) is 10.1. The summed E-state index contributed by atoms with van der Waals surface area (Å²) >= 11 is 0. The first-order chi connectivity index (χ1) is 8.15. The van der Waals surface area contributed by atoms with Crippen LogP contribution >= 0.6 is 0 Å². The van der Waals surface area contributed by atoms with Gasteiger partial charge in [-0.1, -0.05) is 11.3 Å². The molecule has 2 aromatic rings. The van der Waals surface area contributed by atoms with Crippen molar-refractivity contribution in [1.82, 2.24) is 15.0 Å². The van der Waals surface area contributed by atoms with Crippen LogP contribution in [0.25, 0.3) is 5.69 Å². The maximum absolute atomic E-state index is 5.90. The largest absolute Gasteiger partial charge is 0.381 e. The lowest BCUT2D eigenvalue weighted by Crippen LogP contribution is -2.03. The summed E-state index contributed by atoms with van der Waals surface area (Å²) in [5.74, 6) is 1.12. The SMILES string of the molecule is Cc1cc(C)cc(-n2nnc(N)c2C2CC2)c1. The lowest BCUT2D eigenvalue weighted by Gasteiger charge is -2.08. The number of anilines is 1. The first kappa shape index (κ1) is 10.3. The van der Waals surface area contributed by atoms with Crippen molar-refractivity contribution in [3.63, 3.8) is 0 Å². The van der Waals surface area contributed by atoms with Gasteiger partial charge in [0, 0.05) is 5.92 Å². The highest BCUT2D eigenvalue weighted by Crippen LogP contribution is 2.42. The summed E-state index contributed by atoms with van der Waals surface area (Å²) in [6, 6.07) is 6.39. The Morgan fingerprint density at radius 2 is 1.82 bits per heavy atom. The third-order valence-electron chi connectivity index (χ3n) is 3.15. The van der Waals surface area contributed by atoms with Gasteiger partial charge in [-0.05, 0) is 49.9 Å². The number of hydrogen-bond acceptors (Lipinski definition) is 3. The first-order valence-electron chi connectivity index (χ1n) is 5.95. The third-order valence-corrected chi connectivity index (χ3v) is 3.15. The summed E-state index contributed by atoms with van der Waals surface area (Å²) in [5.41, 5.74) is 10.5. The molecule has 0 radical (unpaired) electrons. The molecule has 0 saturated heterocycles. The fourth-order valence-electron chi connectivity index (χ4n) is 2.30. The number of nitrogens with two attached hydrogens (primary N) is 1. The van der Waals surface area contributed by atoms with E-state index in [1.807, 2.05) is 4.68 Å². The number of nitrogen functional groups attached to an aromatic ring is 1. The summed E-state index contributed by atoms with van der Waals surface area (Å²) in [5, 5.41) is 8.18. The zero-order valence-electron chi connectivity index (χ0n) is 10.1. The van der Waals surface area contributed by atoms with Crippen LogP contribution in [0, 0.1) is 13.8 Å². The minimum Gasteiger partial charge on any atom is -0.381 e. The summed E-state index contributed by atoms with van der Waals surface area (Å²) < 4.78 is 1.90. The van der Waals surface area contributed by atoms with Crippen LogP contribution in [-0.2, 0) is 0 Å². The van der Waals surface area contributed by atoms with Gasteiger partial charge in [0.15, 0.2) is 5.82 Å². The predicted molar refractivity (Wildman–Crippen MR) is 67.2 cm³/mol. The molecule has 4 nitrogen and oxygen atoms in total. The van der Waals surface area contributed by atoms with Crippen molar-refractivity contribution in [2.24, 2.45) is 0 Å². The molecule has 1 heterocycles. The smallest absolute Gasteiger partial charge is 0.169 e. The third kappa shape index (κ3) is 1.79. The second-order valence-electron chi connectivity index (χ2n) is 4.89. The highest BCUT2D eigenvalue weighted by atomic mass is 15.4. The van der Waals surface area contributed by atoms with E-state index in [1.54, 1.807) is 0 Å². The molecule has 88 valence electrons. The van der Waals surface area contributed by atoms with Gasteiger partial charge in [-0.2, -0.15) is 0 Å². The fraction of sp³-hybridized carbons (Fsp3) is 0.385. The van der Waals surface area contributed by atoms with Crippen LogP contribution < -0.4 is 5.73 Å². The maximum Gasteiger partial charge on any atom is 0.169 e. The Labute approximate surface area is 100 Å². The van der Waals surface area contributed by atoms with Gasteiger partial charge in [0.1, 0.15) is 0 Å². The molecule has 17 heavy (non-hydrogen) atoms. The van der Waals surface area contributed by atoms with E-state index in [4.69, 9.17) is 5.73 Å². The molecule has 1 fully saturated rings. The average Bonchev–Trinajstić information content (AvgIpc) is 3.01. The second-order valence-corrected chi connectivity index (χ2v) is 4.89. The topological polar surface area (TPSA) is 56.7 Å². The Balaban J connectivity index is 2.14. The van der Waals surface area contributed by atoms with Crippen molar-refractivity contribution in [3.8, 4) is 5.69 Å². The molecule has 1 aromatic carbocycles. The van der Waals surface area contributed by atoms with E-state index in [2.05, 4.69) is 42.4 Å². The molecule has 0 aliphatic heterocycles. The molecule has 1 saturated carbocycles. The van der Waals surface area contributed by atoms with Gasteiger partial charge in [0.25, 0.3) is 0 Å². The van der Waals surface area contributed by atoms with Crippen molar-refractivity contribution >= 4 is 5.82 Å². The zero-order chi connectivity index (χ0) is 12.0. The number of nitrogens with zero attached hydrogens (tertiary/aromatic N) is 3. The van der Waals surface area contributed by atoms with Gasteiger partial charge in [0.2, 0.25) is 0 Å². The van der Waals surface area contributed by atoms with Gasteiger partial charge in [-0.3, -0.25) is 0 Å². The highest BCUT2D eigenvalue weighted by molar-refractivity contribution is 5.46. The monoisotopic (exact) mass is 228 g/mol. The predicted octanol–water partition coefficient (Wildman–Crippen LogP) is 2.34. The van der Waals surface area contributed by atoms with Crippen molar-refractivity contribution in [3.05, 3.63) is 35.0 Å². The van der Waals surface area contributed by atoms with Crippen LogP contribution in [0.3, 0.4) is 0 Å². The minimum atomic E-state index is 0.547. The van der Waals surface area contributed by atoms with E-state index in [0.717, 1.165) is 11.4 Å². The summed E-state index contributed by atoms with van der Waals surface area (Å²) in [7, 11) is 0. The number of benzene rings is 1. The summed E-state index contributed by atoms with van der Waals surface area (Å²) in [4.78, 5) is 0. The Hall–Kier alpha value is -1.84. The molecule has 0 bridgehead atoms. The van der Waals surface area contributed by atoms with Crippen LogP contribution in [0.2, 0.25) is 0 Å². The fourth-order valence-corrected chi connectivity index (χ4v) is 2.30. The number of rotatable bonds is 2. The molecule has 2 N–H and O–H groups in total. The Morgan fingerprint density at radius 3 is 2.41 bits per heavy atom. The Morgan fingerprint density at radius 1 is 1.18 bits per heavy atom. The molecule has 0 atom stereocenters. The second kappa shape index (κ2) is 3.58. The quantitative estimate of drug-likeness (QED) is 0.858. The molecular formula is C13H16N4. The van der Waals surface area contributed by atoms with Gasteiger partial charge >= 0.3 is 0 Å². The number of aryl methyl sites for hydroxylation is 2. The standard InChI is InChI=1S/C13H16N4/c1-8-5-9(2)7-11(6-8)17-12(10-3-4-10)13(14)15-16-17/h5-7,10H,3-4,14H2,1-2H3. The van der Waals surface area contributed by atoms with Crippen LogP contribution in [0.1, 0.15) is 35.6 Å². The lowest BCUT2D eigenvalue weighted by atomic mass is 10.1. The van der Waals surface area contributed by atoms with Gasteiger partial charge in [-0.25, -0.2) is 4.68 Å². The van der Waals surface area contributed by atoms with E-state index in [9.17, 15) is 0 Å². The summed E-state index contributed by atoms with van der Waals surface area (Å²) in [6.07, 6.45) is 2.39. The van der Waals surface area contributed by atoms with Gasteiger partial charge in [-0.15, -0.1) is 5.10 Å². The average molecular weight is 228 g/mol. The Bertz CT molecular complexity index is 547. The molecular weight excluding hydrogens is 212 g/mol.